The highest BCUT2D eigenvalue weighted by atomic mass is 16.5. The molecule has 0 heterocycles. The predicted octanol–water partition coefficient (Wildman–Crippen LogP) is 0.482. The fraction of sp³-hybridized carbons (Fsp3) is 1.00. The molecular formula is C9H22NO2+. The van der Waals surface area contributed by atoms with Gasteiger partial charge in [0.05, 0.1) is 27.3 Å². The van der Waals surface area contributed by atoms with Crippen molar-refractivity contribution in [1.29, 1.82) is 0 Å². The maximum atomic E-state index is 8.75. The summed E-state index contributed by atoms with van der Waals surface area (Å²) in [6.45, 7) is 5.77. The fourth-order valence-electron chi connectivity index (χ4n) is 0.941. The highest BCUT2D eigenvalue weighted by molar-refractivity contribution is 4.34. The first-order valence-corrected chi connectivity index (χ1v) is 4.63. The summed E-state index contributed by atoms with van der Waals surface area (Å²) in [5.41, 5.74) is 0. The molecule has 0 atom stereocenters. The van der Waals surface area contributed by atoms with Gasteiger partial charge in [-0.15, -0.1) is 0 Å². The zero-order chi connectivity index (χ0) is 9.45. The number of aliphatic hydroxyl groups excluding tert-OH is 1. The molecule has 0 aromatic heterocycles. The first kappa shape index (κ1) is 11.9. The van der Waals surface area contributed by atoms with E-state index in [0.29, 0.717) is 0 Å². The highest BCUT2D eigenvalue weighted by Crippen LogP contribution is 1.95. The second kappa shape index (κ2) is 6.40. The van der Waals surface area contributed by atoms with Crippen LogP contribution in [-0.2, 0) is 4.74 Å². The molecule has 3 heteroatoms. The van der Waals surface area contributed by atoms with Crippen LogP contribution in [-0.4, -0.2) is 56.6 Å². The monoisotopic (exact) mass is 176 g/mol. The van der Waals surface area contributed by atoms with E-state index in [1.807, 2.05) is 0 Å². The Morgan fingerprint density at radius 2 is 1.83 bits per heavy atom. The molecule has 0 saturated carbocycles. The van der Waals surface area contributed by atoms with Gasteiger partial charge in [0.25, 0.3) is 0 Å². The summed E-state index contributed by atoms with van der Waals surface area (Å²) >= 11 is 0. The Morgan fingerprint density at radius 1 is 1.17 bits per heavy atom. The number of quaternary nitrogens is 1. The number of ether oxygens (including phenoxy) is 1. The molecule has 3 nitrogen and oxygen atoms in total. The summed E-state index contributed by atoms with van der Waals surface area (Å²) < 4.78 is 6.20. The van der Waals surface area contributed by atoms with Gasteiger partial charge >= 0.3 is 0 Å². The van der Waals surface area contributed by atoms with Crippen molar-refractivity contribution in [3.63, 3.8) is 0 Å². The third-order valence-electron chi connectivity index (χ3n) is 1.89. The minimum absolute atomic E-state index is 0.251. The Kier molecular flexibility index (Phi) is 6.34. The first-order valence-electron chi connectivity index (χ1n) is 4.63. The van der Waals surface area contributed by atoms with Crippen LogP contribution in [0, 0.1) is 0 Å². The van der Waals surface area contributed by atoms with Crippen LogP contribution in [0.2, 0.25) is 0 Å². The van der Waals surface area contributed by atoms with Gasteiger partial charge in [-0.1, -0.05) is 6.92 Å². The molecule has 0 unspecified atom stereocenters. The van der Waals surface area contributed by atoms with Gasteiger partial charge in [-0.05, 0) is 6.42 Å². The van der Waals surface area contributed by atoms with Gasteiger partial charge in [-0.25, -0.2) is 0 Å². The second-order valence-electron chi connectivity index (χ2n) is 3.72. The lowest BCUT2D eigenvalue weighted by Crippen LogP contribution is -2.44. The van der Waals surface area contributed by atoms with Gasteiger partial charge in [0, 0.05) is 6.61 Å². The summed E-state index contributed by atoms with van der Waals surface area (Å²) in [4.78, 5) is 0. The van der Waals surface area contributed by atoms with Crippen molar-refractivity contribution in [1.82, 2.24) is 0 Å². The van der Waals surface area contributed by atoms with E-state index in [4.69, 9.17) is 9.84 Å². The summed E-state index contributed by atoms with van der Waals surface area (Å²) in [5, 5.41) is 8.75. The average molecular weight is 176 g/mol. The molecule has 0 fully saturated rings. The van der Waals surface area contributed by atoms with Crippen LogP contribution in [0.25, 0.3) is 0 Å². The number of hydrogen-bond acceptors (Lipinski definition) is 2. The molecule has 0 amide bonds. The van der Waals surface area contributed by atoms with Crippen LogP contribution in [0.15, 0.2) is 0 Å². The Hall–Kier alpha value is -0.120. The summed E-state index contributed by atoms with van der Waals surface area (Å²) in [6.07, 6.45) is 1.08. The van der Waals surface area contributed by atoms with Crippen molar-refractivity contribution < 1.29 is 14.3 Å². The maximum Gasteiger partial charge on any atom is 0.102 e. The fourth-order valence-corrected chi connectivity index (χ4v) is 0.941. The SMILES string of the molecule is CCCOCC[N+](C)(C)CCO. The Labute approximate surface area is 75.5 Å². The van der Waals surface area contributed by atoms with Gasteiger partial charge < -0.3 is 14.3 Å². The summed E-state index contributed by atoms with van der Waals surface area (Å²) in [5.74, 6) is 0. The number of aliphatic hydroxyl groups is 1. The third-order valence-corrected chi connectivity index (χ3v) is 1.89. The van der Waals surface area contributed by atoms with Gasteiger partial charge in [0.1, 0.15) is 13.1 Å². The van der Waals surface area contributed by atoms with E-state index in [0.717, 1.165) is 37.2 Å². The van der Waals surface area contributed by atoms with E-state index >= 15 is 0 Å². The highest BCUT2D eigenvalue weighted by Gasteiger charge is 2.12. The molecule has 0 aromatic rings. The molecule has 0 spiro atoms. The molecule has 0 aliphatic heterocycles. The maximum absolute atomic E-state index is 8.75. The topological polar surface area (TPSA) is 29.5 Å². The second-order valence-corrected chi connectivity index (χ2v) is 3.72. The first-order chi connectivity index (χ1) is 5.62. The summed E-state index contributed by atoms with van der Waals surface area (Å²) in [7, 11) is 4.21. The largest absolute Gasteiger partial charge is 0.391 e. The molecule has 1 N–H and O–H groups in total. The van der Waals surface area contributed by atoms with E-state index in [-0.39, 0.29) is 6.61 Å². The quantitative estimate of drug-likeness (QED) is 0.451. The van der Waals surface area contributed by atoms with E-state index in [9.17, 15) is 0 Å². The lowest BCUT2D eigenvalue weighted by molar-refractivity contribution is -0.891. The van der Waals surface area contributed by atoms with Crippen molar-refractivity contribution >= 4 is 0 Å². The Bertz CT molecular complexity index is 105. The zero-order valence-electron chi connectivity index (χ0n) is 8.55. The van der Waals surface area contributed by atoms with Crippen molar-refractivity contribution in [2.24, 2.45) is 0 Å². The zero-order valence-corrected chi connectivity index (χ0v) is 8.55. The third kappa shape index (κ3) is 6.58. The van der Waals surface area contributed by atoms with Crippen LogP contribution < -0.4 is 0 Å². The standard InChI is InChI=1S/C9H22NO2/c1-4-8-12-9-6-10(2,3)5-7-11/h11H,4-9H2,1-3H3/q+1. The van der Waals surface area contributed by atoms with Crippen molar-refractivity contribution in [2.75, 3.05) is 47.0 Å². The Morgan fingerprint density at radius 3 is 2.33 bits per heavy atom. The van der Waals surface area contributed by atoms with E-state index in [1.165, 1.54) is 0 Å². The van der Waals surface area contributed by atoms with Crippen LogP contribution in [0.3, 0.4) is 0 Å². The minimum atomic E-state index is 0.251. The van der Waals surface area contributed by atoms with Gasteiger partial charge in [-0.3, -0.25) is 0 Å². The molecule has 0 rings (SSSR count). The molecule has 74 valence electrons. The number of likely N-dealkylation sites (N-methyl/N-ethyl adjacent to an activating group) is 1. The van der Waals surface area contributed by atoms with Gasteiger partial charge in [0.15, 0.2) is 0 Å². The number of nitrogens with zero attached hydrogens (tertiary/aromatic N) is 1. The minimum Gasteiger partial charge on any atom is -0.391 e. The lowest BCUT2D eigenvalue weighted by Gasteiger charge is -2.28. The van der Waals surface area contributed by atoms with Gasteiger partial charge in [0.2, 0.25) is 0 Å². The molecule has 12 heavy (non-hydrogen) atoms. The lowest BCUT2D eigenvalue weighted by atomic mass is 10.4. The molecule has 0 aliphatic rings. The smallest absolute Gasteiger partial charge is 0.102 e. The normalized spacial score (nSPS) is 12.0. The molecular weight excluding hydrogens is 154 g/mol. The van der Waals surface area contributed by atoms with E-state index in [1.54, 1.807) is 0 Å². The molecule has 0 aromatic carbocycles. The molecule has 0 aliphatic carbocycles. The van der Waals surface area contributed by atoms with Crippen LogP contribution >= 0.6 is 0 Å². The Balaban J connectivity index is 3.33. The summed E-state index contributed by atoms with van der Waals surface area (Å²) in [6, 6.07) is 0. The van der Waals surface area contributed by atoms with Crippen molar-refractivity contribution in [3.05, 3.63) is 0 Å². The number of hydrogen-bond donors (Lipinski definition) is 1. The predicted molar refractivity (Wildman–Crippen MR) is 50.0 cm³/mol. The van der Waals surface area contributed by atoms with Crippen molar-refractivity contribution in [2.45, 2.75) is 13.3 Å². The van der Waals surface area contributed by atoms with Crippen molar-refractivity contribution in [3.8, 4) is 0 Å². The van der Waals surface area contributed by atoms with Crippen LogP contribution in [0.1, 0.15) is 13.3 Å². The average Bonchev–Trinajstić information content (AvgIpc) is 1.98. The molecule has 0 saturated heterocycles. The molecule has 0 bridgehead atoms. The van der Waals surface area contributed by atoms with E-state index in [2.05, 4.69) is 21.0 Å². The van der Waals surface area contributed by atoms with Gasteiger partial charge in [-0.2, -0.15) is 0 Å². The van der Waals surface area contributed by atoms with E-state index < -0.39 is 0 Å². The van der Waals surface area contributed by atoms with Crippen LogP contribution in [0.4, 0.5) is 0 Å². The molecule has 0 radical (unpaired) electrons. The number of rotatable bonds is 7. The van der Waals surface area contributed by atoms with Crippen LogP contribution in [0.5, 0.6) is 0 Å².